The van der Waals surface area contributed by atoms with Crippen LogP contribution in [-0.4, -0.2) is 54.2 Å². The van der Waals surface area contributed by atoms with Crippen molar-refractivity contribution in [1.29, 1.82) is 0 Å². The Bertz CT molecular complexity index is 768. The van der Waals surface area contributed by atoms with E-state index in [0.717, 1.165) is 23.7 Å². The standard InChI is InChI=1S/C20H27N3O2S/c1-14-8-11-18(26-14)17-10-9-16(20(24)25)19(21-17)23(3)13-12-22(2)15-6-4-5-7-15/h8-11,15H,4-7,12-13H2,1-3H3,(H,24,25). The number of pyridine rings is 1. The Kier molecular flexibility index (Phi) is 5.94. The highest BCUT2D eigenvalue weighted by Gasteiger charge is 2.21. The van der Waals surface area contributed by atoms with E-state index in [4.69, 9.17) is 0 Å². The number of carbonyl (C=O) groups is 1. The average Bonchev–Trinajstić information content (AvgIpc) is 3.30. The van der Waals surface area contributed by atoms with Crippen LogP contribution in [0.15, 0.2) is 24.3 Å². The molecule has 1 saturated carbocycles. The fourth-order valence-corrected chi connectivity index (χ4v) is 4.39. The zero-order valence-electron chi connectivity index (χ0n) is 15.7. The molecule has 1 aliphatic rings. The van der Waals surface area contributed by atoms with Crippen LogP contribution >= 0.6 is 11.3 Å². The number of rotatable bonds is 7. The second kappa shape index (κ2) is 8.18. The molecule has 1 fully saturated rings. The van der Waals surface area contributed by atoms with Crippen LogP contribution in [0.4, 0.5) is 5.82 Å². The van der Waals surface area contributed by atoms with Gasteiger partial charge in [-0.3, -0.25) is 0 Å². The van der Waals surface area contributed by atoms with Crippen LogP contribution in [0.1, 0.15) is 40.9 Å². The number of thiophene rings is 1. The summed E-state index contributed by atoms with van der Waals surface area (Å²) in [6, 6.07) is 8.24. The molecule has 0 radical (unpaired) electrons. The number of hydrogen-bond acceptors (Lipinski definition) is 5. The minimum Gasteiger partial charge on any atom is -0.478 e. The largest absolute Gasteiger partial charge is 0.478 e. The van der Waals surface area contributed by atoms with E-state index in [2.05, 4.69) is 29.9 Å². The lowest BCUT2D eigenvalue weighted by atomic mass is 10.2. The Balaban J connectivity index is 1.77. The second-order valence-electron chi connectivity index (χ2n) is 7.12. The molecule has 5 nitrogen and oxygen atoms in total. The maximum absolute atomic E-state index is 11.7. The lowest BCUT2D eigenvalue weighted by Gasteiger charge is -2.28. The smallest absolute Gasteiger partial charge is 0.339 e. The minimum atomic E-state index is -0.933. The van der Waals surface area contributed by atoms with Gasteiger partial charge in [0.2, 0.25) is 0 Å². The topological polar surface area (TPSA) is 56.7 Å². The molecule has 1 aliphatic carbocycles. The fraction of sp³-hybridized carbons (Fsp3) is 0.500. The quantitative estimate of drug-likeness (QED) is 0.791. The van der Waals surface area contributed by atoms with Crippen LogP contribution in [0.5, 0.6) is 0 Å². The summed E-state index contributed by atoms with van der Waals surface area (Å²) in [4.78, 5) is 23.0. The number of carboxylic acids is 1. The van der Waals surface area contributed by atoms with Crippen LogP contribution in [-0.2, 0) is 0 Å². The van der Waals surface area contributed by atoms with Gasteiger partial charge in [0.05, 0.1) is 10.6 Å². The molecule has 0 atom stereocenters. The van der Waals surface area contributed by atoms with Crippen LogP contribution in [0.3, 0.4) is 0 Å². The summed E-state index contributed by atoms with van der Waals surface area (Å²) < 4.78 is 0. The number of carboxylic acid groups (broad SMARTS) is 1. The number of aromatic nitrogens is 1. The van der Waals surface area contributed by atoms with E-state index in [1.807, 2.05) is 18.0 Å². The van der Waals surface area contributed by atoms with Gasteiger partial charge in [-0.1, -0.05) is 12.8 Å². The summed E-state index contributed by atoms with van der Waals surface area (Å²) in [5, 5.41) is 9.56. The number of hydrogen-bond donors (Lipinski definition) is 1. The number of aromatic carboxylic acids is 1. The summed E-state index contributed by atoms with van der Waals surface area (Å²) in [5.41, 5.74) is 1.09. The Labute approximate surface area is 159 Å². The van der Waals surface area contributed by atoms with Crippen molar-refractivity contribution in [3.63, 3.8) is 0 Å². The first-order chi connectivity index (χ1) is 12.5. The van der Waals surface area contributed by atoms with Gasteiger partial charge in [-0.2, -0.15) is 0 Å². The van der Waals surface area contributed by atoms with Gasteiger partial charge >= 0.3 is 5.97 Å². The first-order valence-corrected chi connectivity index (χ1v) is 10.00. The third kappa shape index (κ3) is 4.24. The maximum Gasteiger partial charge on any atom is 0.339 e. The molecule has 3 rings (SSSR count). The predicted octanol–water partition coefficient (Wildman–Crippen LogP) is 4.13. The third-order valence-corrected chi connectivity index (χ3v) is 6.22. The number of likely N-dealkylation sites (N-methyl/N-ethyl adjacent to an activating group) is 2. The normalized spacial score (nSPS) is 14.9. The molecule has 0 amide bonds. The van der Waals surface area contributed by atoms with E-state index >= 15 is 0 Å². The van der Waals surface area contributed by atoms with E-state index in [0.29, 0.717) is 11.9 Å². The summed E-state index contributed by atoms with van der Waals surface area (Å²) in [7, 11) is 4.10. The van der Waals surface area contributed by atoms with Crippen LogP contribution in [0, 0.1) is 6.92 Å². The highest BCUT2D eigenvalue weighted by molar-refractivity contribution is 7.15. The van der Waals surface area contributed by atoms with Gasteiger partial charge in [-0.25, -0.2) is 9.78 Å². The van der Waals surface area contributed by atoms with Crippen LogP contribution < -0.4 is 4.90 Å². The molecule has 0 unspecified atom stereocenters. The Morgan fingerprint density at radius 1 is 1.19 bits per heavy atom. The lowest BCUT2D eigenvalue weighted by Crippen LogP contribution is -2.37. The molecule has 0 bridgehead atoms. The molecular weight excluding hydrogens is 346 g/mol. The molecule has 26 heavy (non-hydrogen) atoms. The van der Waals surface area contributed by atoms with E-state index in [9.17, 15) is 9.90 Å². The van der Waals surface area contributed by atoms with E-state index < -0.39 is 5.97 Å². The molecule has 2 aromatic rings. The molecule has 2 aromatic heterocycles. The Hall–Kier alpha value is -1.92. The number of nitrogens with zero attached hydrogens (tertiary/aromatic N) is 3. The van der Waals surface area contributed by atoms with Crippen molar-refractivity contribution >= 4 is 23.1 Å². The minimum absolute atomic E-state index is 0.257. The molecule has 1 N–H and O–H groups in total. The summed E-state index contributed by atoms with van der Waals surface area (Å²) in [5.74, 6) is -0.390. The molecule has 6 heteroatoms. The monoisotopic (exact) mass is 373 g/mol. The van der Waals surface area contributed by atoms with Crippen molar-refractivity contribution in [2.45, 2.75) is 38.6 Å². The molecule has 0 aliphatic heterocycles. The first kappa shape index (κ1) is 18.9. The molecule has 0 aromatic carbocycles. The van der Waals surface area contributed by atoms with E-state index in [-0.39, 0.29) is 5.56 Å². The predicted molar refractivity (Wildman–Crippen MR) is 107 cm³/mol. The fourth-order valence-electron chi connectivity index (χ4n) is 3.56. The Morgan fingerprint density at radius 3 is 2.54 bits per heavy atom. The molecule has 0 spiro atoms. The zero-order chi connectivity index (χ0) is 18.7. The summed E-state index contributed by atoms with van der Waals surface area (Å²) >= 11 is 1.67. The summed E-state index contributed by atoms with van der Waals surface area (Å²) in [6.45, 7) is 3.73. The van der Waals surface area contributed by atoms with Gasteiger partial charge < -0.3 is 14.9 Å². The van der Waals surface area contributed by atoms with Crippen molar-refractivity contribution in [3.8, 4) is 10.6 Å². The highest BCUT2D eigenvalue weighted by atomic mass is 32.1. The maximum atomic E-state index is 11.7. The first-order valence-electron chi connectivity index (χ1n) is 9.18. The van der Waals surface area contributed by atoms with Gasteiger partial charge in [0.1, 0.15) is 11.4 Å². The van der Waals surface area contributed by atoms with Gasteiger partial charge in [0.25, 0.3) is 0 Å². The molecule has 2 heterocycles. The SMILES string of the molecule is Cc1ccc(-c2ccc(C(=O)O)c(N(C)CCN(C)C3CCCC3)n2)s1. The second-order valence-corrected chi connectivity index (χ2v) is 8.41. The highest BCUT2D eigenvalue weighted by Crippen LogP contribution is 2.29. The van der Waals surface area contributed by atoms with E-state index in [1.54, 1.807) is 23.5 Å². The Morgan fingerprint density at radius 2 is 1.92 bits per heavy atom. The van der Waals surface area contributed by atoms with Gasteiger partial charge in [-0.15, -0.1) is 11.3 Å². The molecule has 140 valence electrons. The van der Waals surface area contributed by atoms with Crippen molar-refractivity contribution in [2.75, 3.05) is 32.1 Å². The lowest BCUT2D eigenvalue weighted by molar-refractivity contribution is 0.0697. The summed E-state index contributed by atoms with van der Waals surface area (Å²) in [6.07, 6.45) is 5.17. The number of anilines is 1. The van der Waals surface area contributed by atoms with Gasteiger partial charge in [0, 0.05) is 31.1 Å². The molecule has 0 saturated heterocycles. The zero-order valence-corrected chi connectivity index (χ0v) is 16.6. The van der Waals surface area contributed by atoms with Crippen molar-refractivity contribution in [3.05, 3.63) is 34.7 Å². The van der Waals surface area contributed by atoms with Crippen molar-refractivity contribution in [2.24, 2.45) is 0 Å². The van der Waals surface area contributed by atoms with Gasteiger partial charge in [-0.05, 0) is 51.1 Å². The van der Waals surface area contributed by atoms with E-state index in [1.165, 1.54) is 30.6 Å². The number of aryl methyl sites for hydroxylation is 1. The van der Waals surface area contributed by atoms with Crippen LogP contribution in [0.25, 0.3) is 10.6 Å². The van der Waals surface area contributed by atoms with Gasteiger partial charge in [0.15, 0.2) is 0 Å². The molecular formula is C20H27N3O2S. The average molecular weight is 374 g/mol. The van der Waals surface area contributed by atoms with Crippen molar-refractivity contribution < 1.29 is 9.90 Å². The third-order valence-electron chi connectivity index (χ3n) is 5.20. The van der Waals surface area contributed by atoms with Crippen molar-refractivity contribution in [1.82, 2.24) is 9.88 Å². The van der Waals surface area contributed by atoms with Crippen LogP contribution in [0.2, 0.25) is 0 Å².